The third kappa shape index (κ3) is 7.15. The third-order valence-corrected chi connectivity index (χ3v) is 5.17. The first-order chi connectivity index (χ1) is 14.5. The summed E-state index contributed by atoms with van der Waals surface area (Å²) in [6, 6.07) is 14.5. The minimum absolute atomic E-state index is 0.123. The van der Waals surface area contributed by atoms with E-state index in [4.69, 9.17) is 16.3 Å². The van der Waals surface area contributed by atoms with E-state index in [1.165, 1.54) is 5.56 Å². The molecule has 1 fully saturated rings. The van der Waals surface area contributed by atoms with Gasteiger partial charge in [-0.25, -0.2) is 13.6 Å². The maximum absolute atomic E-state index is 12.6. The monoisotopic (exact) mass is 437 g/mol. The predicted molar refractivity (Wildman–Crippen MR) is 113 cm³/mol. The lowest BCUT2D eigenvalue weighted by atomic mass is 10.2. The van der Waals surface area contributed by atoms with Crippen molar-refractivity contribution in [3.05, 3.63) is 64.7 Å². The summed E-state index contributed by atoms with van der Waals surface area (Å²) >= 11 is 5.94. The van der Waals surface area contributed by atoms with Crippen molar-refractivity contribution in [3.8, 4) is 5.75 Å². The van der Waals surface area contributed by atoms with E-state index in [9.17, 15) is 13.6 Å². The maximum atomic E-state index is 12.6. The Hall–Kier alpha value is -2.38. The summed E-state index contributed by atoms with van der Waals surface area (Å²) in [7, 11) is 0. The number of benzene rings is 2. The molecule has 5 nitrogen and oxygen atoms in total. The summed E-state index contributed by atoms with van der Waals surface area (Å²) in [6.07, 6.45) is -1.62. The molecule has 162 valence electrons. The second-order valence-corrected chi connectivity index (χ2v) is 7.69. The molecule has 0 aromatic heterocycles. The fraction of sp³-hybridized carbons (Fsp3) is 0.409. The zero-order valence-corrected chi connectivity index (χ0v) is 17.5. The Morgan fingerprint density at radius 2 is 1.87 bits per heavy atom. The molecular formula is C22H26ClF2N3O2. The van der Waals surface area contributed by atoms with Crippen LogP contribution in [0.2, 0.25) is 5.02 Å². The lowest BCUT2D eigenvalue weighted by Gasteiger charge is -2.22. The molecule has 3 rings (SSSR count). The van der Waals surface area contributed by atoms with Gasteiger partial charge in [0.2, 0.25) is 0 Å². The first-order valence-corrected chi connectivity index (χ1v) is 10.4. The molecule has 2 aromatic rings. The first kappa shape index (κ1) is 22.3. The minimum atomic E-state index is -2.52. The topological polar surface area (TPSA) is 44.8 Å². The number of carbonyl (C=O) groups is 1. The zero-order chi connectivity index (χ0) is 21.3. The number of ether oxygens (including phenoxy) is 1. The maximum Gasteiger partial charge on any atom is 0.317 e. The molecule has 1 aliphatic heterocycles. The van der Waals surface area contributed by atoms with Crippen LogP contribution in [-0.2, 0) is 13.1 Å². The van der Waals surface area contributed by atoms with Crippen molar-refractivity contribution in [1.82, 2.24) is 15.1 Å². The van der Waals surface area contributed by atoms with E-state index < -0.39 is 13.0 Å². The van der Waals surface area contributed by atoms with Crippen LogP contribution in [-0.4, -0.2) is 55.0 Å². The highest BCUT2D eigenvalue weighted by atomic mass is 35.5. The van der Waals surface area contributed by atoms with E-state index in [-0.39, 0.29) is 6.03 Å². The van der Waals surface area contributed by atoms with Gasteiger partial charge in [0, 0.05) is 44.3 Å². The van der Waals surface area contributed by atoms with Crippen molar-refractivity contribution < 1.29 is 18.3 Å². The predicted octanol–water partition coefficient (Wildman–Crippen LogP) is 4.40. The first-order valence-electron chi connectivity index (χ1n) is 9.99. The number of alkyl halides is 2. The quantitative estimate of drug-likeness (QED) is 0.698. The van der Waals surface area contributed by atoms with Crippen LogP contribution in [0.25, 0.3) is 0 Å². The van der Waals surface area contributed by atoms with Crippen molar-refractivity contribution >= 4 is 17.6 Å². The third-order valence-electron chi connectivity index (χ3n) is 4.91. The van der Waals surface area contributed by atoms with Crippen molar-refractivity contribution in [3.63, 3.8) is 0 Å². The molecule has 0 unspecified atom stereocenters. The van der Waals surface area contributed by atoms with Gasteiger partial charge >= 0.3 is 6.03 Å². The molecule has 2 amide bonds. The van der Waals surface area contributed by atoms with Crippen LogP contribution in [0.1, 0.15) is 17.5 Å². The Morgan fingerprint density at radius 1 is 1.07 bits per heavy atom. The smallest absolute Gasteiger partial charge is 0.317 e. The fourth-order valence-electron chi connectivity index (χ4n) is 3.37. The second-order valence-electron chi connectivity index (χ2n) is 7.25. The van der Waals surface area contributed by atoms with Crippen LogP contribution < -0.4 is 10.1 Å². The van der Waals surface area contributed by atoms with Gasteiger partial charge in [0.25, 0.3) is 6.43 Å². The molecule has 0 aliphatic carbocycles. The number of carbonyl (C=O) groups excluding carboxylic acids is 1. The van der Waals surface area contributed by atoms with Crippen molar-refractivity contribution in [2.75, 3.05) is 32.8 Å². The average molecular weight is 438 g/mol. The van der Waals surface area contributed by atoms with Gasteiger partial charge in [0.1, 0.15) is 12.4 Å². The second kappa shape index (κ2) is 11.1. The summed E-state index contributed by atoms with van der Waals surface area (Å²) in [4.78, 5) is 16.7. The lowest BCUT2D eigenvalue weighted by molar-refractivity contribution is 0.0818. The highest BCUT2D eigenvalue weighted by Gasteiger charge is 2.19. The van der Waals surface area contributed by atoms with Crippen LogP contribution in [0.3, 0.4) is 0 Å². The van der Waals surface area contributed by atoms with Crippen molar-refractivity contribution in [2.45, 2.75) is 25.9 Å². The number of rotatable bonds is 7. The van der Waals surface area contributed by atoms with Gasteiger partial charge in [0.05, 0.1) is 0 Å². The normalized spacial score (nSPS) is 15.1. The summed E-state index contributed by atoms with van der Waals surface area (Å²) in [5, 5.41) is 3.63. The van der Waals surface area contributed by atoms with Crippen LogP contribution in [0, 0.1) is 0 Å². The van der Waals surface area contributed by atoms with Gasteiger partial charge in [-0.3, -0.25) is 4.90 Å². The van der Waals surface area contributed by atoms with Crippen LogP contribution >= 0.6 is 11.6 Å². The number of urea groups is 1. The zero-order valence-electron chi connectivity index (χ0n) is 16.7. The lowest BCUT2D eigenvalue weighted by Crippen LogP contribution is -2.41. The Morgan fingerprint density at radius 3 is 2.63 bits per heavy atom. The highest BCUT2D eigenvalue weighted by molar-refractivity contribution is 6.30. The summed E-state index contributed by atoms with van der Waals surface area (Å²) in [5.41, 5.74) is 2.00. The number of amides is 2. The summed E-state index contributed by atoms with van der Waals surface area (Å²) in [6.45, 7) is 3.57. The van der Waals surface area contributed by atoms with E-state index in [1.807, 2.05) is 35.2 Å². The van der Waals surface area contributed by atoms with Gasteiger partial charge in [0.15, 0.2) is 0 Å². The van der Waals surface area contributed by atoms with Gasteiger partial charge in [-0.2, -0.15) is 0 Å². The summed E-state index contributed by atoms with van der Waals surface area (Å²) in [5.74, 6) is 0.370. The van der Waals surface area contributed by atoms with Gasteiger partial charge in [-0.05, 0) is 41.8 Å². The Bertz CT molecular complexity index is 820. The molecule has 0 saturated carbocycles. The Kier molecular flexibility index (Phi) is 8.28. The summed E-state index contributed by atoms with van der Waals surface area (Å²) < 4.78 is 29.6. The van der Waals surface area contributed by atoms with E-state index in [0.29, 0.717) is 25.4 Å². The minimum Gasteiger partial charge on any atom is -0.488 e. The largest absolute Gasteiger partial charge is 0.488 e. The van der Waals surface area contributed by atoms with Crippen molar-refractivity contribution in [2.24, 2.45) is 0 Å². The number of nitrogens with one attached hydrogen (secondary N) is 1. The van der Waals surface area contributed by atoms with E-state index in [0.717, 1.165) is 36.6 Å². The molecule has 1 N–H and O–H groups in total. The van der Waals surface area contributed by atoms with Gasteiger partial charge in [-0.1, -0.05) is 35.9 Å². The molecule has 2 aromatic carbocycles. The SMILES string of the molecule is O=C(NCc1cccc(OCC(F)F)c1)N1CCCN(Cc2ccc(Cl)cc2)CC1. The van der Waals surface area contributed by atoms with Crippen molar-refractivity contribution in [1.29, 1.82) is 0 Å². The molecule has 30 heavy (non-hydrogen) atoms. The van der Waals surface area contributed by atoms with Crippen LogP contribution in [0.4, 0.5) is 13.6 Å². The van der Waals surface area contributed by atoms with E-state index in [2.05, 4.69) is 10.2 Å². The fourth-order valence-corrected chi connectivity index (χ4v) is 3.50. The molecule has 0 bridgehead atoms. The van der Waals surface area contributed by atoms with Crippen LogP contribution in [0.15, 0.2) is 48.5 Å². The van der Waals surface area contributed by atoms with Crippen LogP contribution in [0.5, 0.6) is 5.75 Å². The standard InChI is InChI=1S/C22H26ClF2N3O2/c23-19-7-5-17(6-8-19)15-27-9-2-10-28(12-11-27)22(29)26-14-18-3-1-4-20(13-18)30-16-21(24)25/h1,3-8,13,21H,2,9-12,14-16H2,(H,26,29). The molecule has 0 spiro atoms. The molecule has 8 heteroatoms. The molecular weight excluding hydrogens is 412 g/mol. The van der Waals surface area contributed by atoms with E-state index in [1.54, 1.807) is 18.2 Å². The number of halogens is 3. The van der Waals surface area contributed by atoms with Gasteiger partial charge < -0.3 is 15.0 Å². The highest BCUT2D eigenvalue weighted by Crippen LogP contribution is 2.15. The number of nitrogens with zero attached hydrogens (tertiary/aromatic N) is 2. The molecule has 1 heterocycles. The molecule has 1 aliphatic rings. The number of hydrogen-bond acceptors (Lipinski definition) is 3. The Labute approximate surface area is 180 Å². The van der Waals surface area contributed by atoms with Gasteiger partial charge in [-0.15, -0.1) is 0 Å². The molecule has 0 radical (unpaired) electrons. The Balaban J connectivity index is 1.45. The number of hydrogen-bond donors (Lipinski definition) is 1. The van der Waals surface area contributed by atoms with E-state index >= 15 is 0 Å². The molecule has 1 saturated heterocycles. The average Bonchev–Trinajstić information content (AvgIpc) is 2.98. The molecule has 0 atom stereocenters.